The molecule has 0 amide bonds. The predicted octanol–water partition coefficient (Wildman–Crippen LogP) is 2.24. The fourth-order valence-corrected chi connectivity index (χ4v) is 1.88. The second kappa shape index (κ2) is 7.94. The Bertz CT molecular complexity index is 376. The molecule has 0 aliphatic heterocycles. The number of hydrogen-bond donors (Lipinski definition) is 2. The molecule has 0 saturated heterocycles. The molecule has 5 heteroatoms. The molecule has 1 rings (SSSR count). The predicted molar refractivity (Wildman–Crippen MR) is 79.9 cm³/mol. The van der Waals surface area contributed by atoms with Crippen LogP contribution >= 0.6 is 0 Å². The van der Waals surface area contributed by atoms with Crippen LogP contribution in [0, 0.1) is 0 Å². The van der Waals surface area contributed by atoms with Gasteiger partial charge in [0.25, 0.3) is 0 Å². The molecule has 0 aliphatic carbocycles. The zero-order chi connectivity index (χ0) is 14.3. The van der Waals surface area contributed by atoms with E-state index in [9.17, 15) is 5.11 Å². The summed E-state index contributed by atoms with van der Waals surface area (Å²) in [4.78, 5) is 11.2. The first-order valence-electron chi connectivity index (χ1n) is 7.11. The zero-order valence-electron chi connectivity index (χ0n) is 12.5. The Morgan fingerprint density at radius 2 is 2.00 bits per heavy atom. The number of hydrogen-bond acceptors (Lipinski definition) is 5. The first-order chi connectivity index (χ1) is 9.12. The summed E-state index contributed by atoms with van der Waals surface area (Å²) in [6.07, 6.45) is 1.03. The van der Waals surface area contributed by atoms with Gasteiger partial charge in [-0.3, -0.25) is 0 Å². The van der Waals surface area contributed by atoms with Crippen molar-refractivity contribution < 1.29 is 5.11 Å². The molecule has 1 aromatic heterocycles. The normalized spacial score (nSPS) is 10.8. The van der Waals surface area contributed by atoms with Gasteiger partial charge in [-0.1, -0.05) is 20.8 Å². The Morgan fingerprint density at radius 1 is 1.26 bits per heavy atom. The molecule has 1 heterocycles. The van der Waals surface area contributed by atoms with Crippen LogP contribution in [0.15, 0.2) is 6.07 Å². The summed E-state index contributed by atoms with van der Waals surface area (Å²) in [5.41, 5.74) is 0. The minimum absolute atomic E-state index is 0.136. The standard InChI is InChI=1S/C14H26N4O/c1-5-7-18(8-9-19)13-10-12(15-6-2)16-14(17-13)11(3)4/h10-11,19H,5-9H2,1-4H3,(H,15,16,17). The van der Waals surface area contributed by atoms with Crippen LogP contribution in [0.25, 0.3) is 0 Å². The van der Waals surface area contributed by atoms with E-state index in [0.29, 0.717) is 6.54 Å². The molecule has 0 saturated carbocycles. The van der Waals surface area contributed by atoms with Crippen molar-refractivity contribution in [2.75, 3.05) is 36.5 Å². The minimum Gasteiger partial charge on any atom is -0.395 e. The third-order valence-electron chi connectivity index (χ3n) is 2.79. The van der Waals surface area contributed by atoms with Crippen LogP contribution < -0.4 is 10.2 Å². The largest absolute Gasteiger partial charge is 0.395 e. The molecular formula is C14H26N4O. The topological polar surface area (TPSA) is 61.3 Å². The molecule has 1 aromatic rings. The number of aliphatic hydroxyl groups is 1. The lowest BCUT2D eigenvalue weighted by Gasteiger charge is -2.23. The monoisotopic (exact) mass is 266 g/mol. The smallest absolute Gasteiger partial charge is 0.135 e. The molecule has 5 nitrogen and oxygen atoms in total. The Balaban J connectivity index is 3.07. The van der Waals surface area contributed by atoms with Crippen LogP contribution in [-0.4, -0.2) is 41.3 Å². The van der Waals surface area contributed by atoms with Gasteiger partial charge in [-0.25, -0.2) is 9.97 Å². The lowest BCUT2D eigenvalue weighted by molar-refractivity contribution is 0.301. The van der Waals surface area contributed by atoms with Crippen LogP contribution in [0.5, 0.6) is 0 Å². The van der Waals surface area contributed by atoms with Gasteiger partial charge in [0.15, 0.2) is 0 Å². The van der Waals surface area contributed by atoms with E-state index in [1.165, 1.54) is 0 Å². The third-order valence-corrected chi connectivity index (χ3v) is 2.79. The van der Waals surface area contributed by atoms with Gasteiger partial charge >= 0.3 is 0 Å². The van der Waals surface area contributed by atoms with Gasteiger partial charge in [-0.05, 0) is 13.3 Å². The van der Waals surface area contributed by atoms with Crippen molar-refractivity contribution in [1.82, 2.24) is 9.97 Å². The Kier molecular flexibility index (Phi) is 6.56. The molecule has 0 bridgehead atoms. The third kappa shape index (κ3) is 4.67. The molecule has 108 valence electrons. The van der Waals surface area contributed by atoms with Crippen molar-refractivity contribution in [3.05, 3.63) is 11.9 Å². The first kappa shape index (κ1) is 15.7. The number of nitrogens with zero attached hydrogens (tertiary/aromatic N) is 3. The highest BCUT2D eigenvalue weighted by Crippen LogP contribution is 2.20. The lowest BCUT2D eigenvalue weighted by Crippen LogP contribution is -2.29. The number of rotatable bonds is 8. The first-order valence-corrected chi connectivity index (χ1v) is 7.11. The number of aliphatic hydroxyl groups excluding tert-OH is 1. The zero-order valence-corrected chi connectivity index (χ0v) is 12.5. The van der Waals surface area contributed by atoms with Crippen LogP contribution in [0.3, 0.4) is 0 Å². The van der Waals surface area contributed by atoms with Crippen molar-refractivity contribution in [2.45, 2.75) is 40.0 Å². The second-order valence-electron chi connectivity index (χ2n) is 4.87. The highest BCUT2D eigenvalue weighted by molar-refractivity contribution is 5.49. The lowest BCUT2D eigenvalue weighted by atomic mass is 10.2. The molecule has 0 aliphatic rings. The molecule has 0 fully saturated rings. The highest BCUT2D eigenvalue weighted by Gasteiger charge is 2.12. The van der Waals surface area contributed by atoms with Crippen LogP contribution in [-0.2, 0) is 0 Å². The molecular weight excluding hydrogens is 240 g/mol. The molecule has 0 spiro atoms. The fourth-order valence-electron chi connectivity index (χ4n) is 1.88. The second-order valence-corrected chi connectivity index (χ2v) is 4.87. The van der Waals surface area contributed by atoms with Gasteiger partial charge in [0, 0.05) is 31.6 Å². The Hall–Kier alpha value is -1.36. The molecule has 2 N–H and O–H groups in total. The van der Waals surface area contributed by atoms with Gasteiger partial charge in [-0.2, -0.15) is 0 Å². The van der Waals surface area contributed by atoms with Gasteiger partial charge in [0.2, 0.25) is 0 Å². The molecule has 0 unspecified atom stereocenters. The van der Waals surface area contributed by atoms with Gasteiger partial charge < -0.3 is 15.3 Å². The van der Waals surface area contributed by atoms with Crippen LogP contribution in [0.2, 0.25) is 0 Å². The molecule has 0 aromatic carbocycles. The van der Waals surface area contributed by atoms with E-state index in [4.69, 9.17) is 0 Å². The van der Waals surface area contributed by atoms with Crippen LogP contribution in [0.1, 0.15) is 45.9 Å². The maximum Gasteiger partial charge on any atom is 0.135 e. The van der Waals surface area contributed by atoms with E-state index in [1.54, 1.807) is 0 Å². The molecule has 0 atom stereocenters. The van der Waals surface area contributed by atoms with Gasteiger partial charge in [0.1, 0.15) is 17.5 Å². The van der Waals surface area contributed by atoms with E-state index in [2.05, 4.69) is 41.0 Å². The SMILES string of the molecule is CCCN(CCO)c1cc(NCC)nc(C(C)C)n1. The van der Waals surface area contributed by atoms with Crippen molar-refractivity contribution in [3.63, 3.8) is 0 Å². The number of anilines is 2. The maximum atomic E-state index is 9.18. The average molecular weight is 266 g/mol. The van der Waals surface area contributed by atoms with E-state index < -0.39 is 0 Å². The van der Waals surface area contributed by atoms with Gasteiger partial charge in [0.05, 0.1) is 6.61 Å². The van der Waals surface area contributed by atoms with Crippen molar-refractivity contribution >= 4 is 11.6 Å². The fraction of sp³-hybridized carbons (Fsp3) is 0.714. The maximum absolute atomic E-state index is 9.18. The van der Waals surface area contributed by atoms with Crippen molar-refractivity contribution in [3.8, 4) is 0 Å². The number of aromatic nitrogens is 2. The van der Waals surface area contributed by atoms with Crippen molar-refractivity contribution in [2.24, 2.45) is 0 Å². The van der Waals surface area contributed by atoms with E-state index in [1.807, 2.05) is 13.0 Å². The quantitative estimate of drug-likeness (QED) is 0.755. The van der Waals surface area contributed by atoms with Gasteiger partial charge in [-0.15, -0.1) is 0 Å². The van der Waals surface area contributed by atoms with E-state index in [0.717, 1.165) is 37.0 Å². The number of nitrogens with one attached hydrogen (secondary N) is 1. The van der Waals surface area contributed by atoms with Crippen molar-refractivity contribution in [1.29, 1.82) is 0 Å². The van der Waals surface area contributed by atoms with Crippen LogP contribution in [0.4, 0.5) is 11.6 Å². The summed E-state index contributed by atoms with van der Waals surface area (Å²) < 4.78 is 0. The summed E-state index contributed by atoms with van der Waals surface area (Å²) in [5.74, 6) is 2.88. The Morgan fingerprint density at radius 3 is 2.53 bits per heavy atom. The van der Waals surface area contributed by atoms with E-state index >= 15 is 0 Å². The highest BCUT2D eigenvalue weighted by atomic mass is 16.3. The molecule has 0 radical (unpaired) electrons. The summed E-state index contributed by atoms with van der Waals surface area (Å²) in [7, 11) is 0. The summed E-state index contributed by atoms with van der Waals surface area (Å²) in [6.45, 7) is 10.8. The Labute approximate surface area is 116 Å². The average Bonchev–Trinajstić information content (AvgIpc) is 2.38. The minimum atomic E-state index is 0.136. The summed E-state index contributed by atoms with van der Waals surface area (Å²) in [5, 5.41) is 12.4. The summed E-state index contributed by atoms with van der Waals surface area (Å²) in [6, 6.07) is 1.96. The summed E-state index contributed by atoms with van der Waals surface area (Å²) >= 11 is 0. The van der Waals surface area contributed by atoms with E-state index in [-0.39, 0.29) is 12.5 Å². The molecule has 19 heavy (non-hydrogen) atoms.